The number of benzene rings is 1. The maximum Gasteiger partial charge on any atom is 0.251 e. The number of carbonyl (C=O) groups is 1. The molecule has 6 heteroatoms. The number of fused-ring (bicyclic) bond motifs is 1. The van der Waals surface area contributed by atoms with Gasteiger partial charge in [0.2, 0.25) is 0 Å². The Labute approximate surface area is 113 Å². The number of nitrogens with one attached hydrogen (secondary N) is 1. The van der Waals surface area contributed by atoms with Crippen molar-refractivity contribution in [1.82, 2.24) is 20.3 Å². The second kappa shape index (κ2) is 5.30. The summed E-state index contributed by atoms with van der Waals surface area (Å²) in [5.41, 5.74) is 2.22. The minimum absolute atomic E-state index is 0.149. The zero-order valence-electron chi connectivity index (χ0n) is 9.98. The molecule has 0 radical (unpaired) electrons. The molecule has 1 aromatic heterocycles. The Morgan fingerprint density at radius 1 is 1.56 bits per heavy atom. The maximum absolute atomic E-state index is 11.8. The summed E-state index contributed by atoms with van der Waals surface area (Å²) >= 11 is 3.19. The van der Waals surface area contributed by atoms with Gasteiger partial charge in [0, 0.05) is 23.1 Å². The van der Waals surface area contributed by atoms with Crippen molar-refractivity contribution in [2.45, 2.75) is 13.5 Å². The third-order valence-corrected chi connectivity index (χ3v) is 2.80. The number of aromatic nitrogens is 3. The van der Waals surface area contributed by atoms with Gasteiger partial charge in [-0.15, -0.1) is 5.10 Å². The van der Waals surface area contributed by atoms with E-state index in [4.69, 9.17) is 0 Å². The van der Waals surface area contributed by atoms with E-state index in [0.717, 1.165) is 22.1 Å². The fraction of sp³-hybridized carbons (Fsp3) is 0.250. The van der Waals surface area contributed by atoms with Crippen LogP contribution in [0.15, 0.2) is 29.3 Å². The van der Waals surface area contributed by atoms with Crippen molar-refractivity contribution in [2.24, 2.45) is 0 Å². The smallest absolute Gasteiger partial charge is 0.251 e. The van der Waals surface area contributed by atoms with Gasteiger partial charge in [0.15, 0.2) is 0 Å². The molecule has 0 saturated carbocycles. The summed E-state index contributed by atoms with van der Waals surface area (Å²) in [7, 11) is 0. The van der Waals surface area contributed by atoms with Crippen molar-refractivity contribution < 1.29 is 4.79 Å². The number of nitrogens with zero attached hydrogens (tertiary/aromatic N) is 3. The minimum Gasteiger partial charge on any atom is -0.347 e. The molecule has 0 aliphatic rings. The van der Waals surface area contributed by atoms with Crippen LogP contribution in [0.1, 0.15) is 17.3 Å². The van der Waals surface area contributed by atoms with Crippen molar-refractivity contribution in [3.63, 3.8) is 0 Å². The van der Waals surface area contributed by atoms with E-state index in [-0.39, 0.29) is 5.91 Å². The molecule has 1 aromatic carbocycles. The number of hydrogen-bond acceptors (Lipinski definition) is 3. The summed E-state index contributed by atoms with van der Waals surface area (Å²) in [6.45, 7) is 6.81. The summed E-state index contributed by atoms with van der Waals surface area (Å²) in [4.78, 5) is 11.8. The topological polar surface area (TPSA) is 59.8 Å². The molecule has 1 amide bonds. The van der Waals surface area contributed by atoms with Crippen LogP contribution in [0.25, 0.3) is 11.0 Å². The molecule has 5 nitrogen and oxygen atoms in total. The molecule has 94 valence electrons. The summed E-state index contributed by atoms with van der Waals surface area (Å²) in [6.07, 6.45) is 0. The number of aryl methyl sites for hydroxylation is 1. The monoisotopic (exact) mass is 308 g/mol. The average Bonchev–Trinajstić information content (AvgIpc) is 2.77. The standard InChI is InChI=1S/C12H13BrN4O/c1-3-17-11-5-4-9(6-10(11)15-16-17)12(18)14-7-8(2)13/h4-6H,2-3,7H2,1H3,(H,14,18). The number of carbonyl (C=O) groups excluding carboxylic acids is 1. The van der Waals surface area contributed by atoms with Gasteiger partial charge in [-0.3, -0.25) is 4.79 Å². The fourth-order valence-corrected chi connectivity index (χ4v) is 1.77. The first-order valence-electron chi connectivity index (χ1n) is 5.56. The highest BCUT2D eigenvalue weighted by Gasteiger charge is 2.09. The van der Waals surface area contributed by atoms with Gasteiger partial charge >= 0.3 is 0 Å². The predicted molar refractivity (Wildman–Crippen MR) is 73.6 cm³/mol. The molecule has 18 heavy (non-hydrogen) atoms. The van der Waals surface area contributed by atoms with Gasteiger partial charge in [-0.2, -0.15) is 0 Å². The molecule has 0 atom stereocenters. The van der Waals surface area contributed by atoms with E-state index in [0.29, 0.717) is 12.1 Å². The van der Waals surface area contributed by atoms with Crippen molar-refractivity contribution in [3.05, 3.63) is 34.8 Å². The molecule has 0 fully saturated rings. The van der Waals surface area contributed by atoms with E-state index >= 15 is 0 Å². The molecule has 0 aliphatic carbocycles. The highest BCUT2D eigenvalue weighted by molar-refractivity contribution is 9.11. The number of halogens is 1. The number of rotatable bonds is 4. The summed E-state index contributed by atoms with van der Waals surface area (Å²) in [5.74, 6) is -0.149. The van der Waals surface area contributed by atoms with Crippen LogP contribution in [-0.4, -0.2) is 27.4 Å². The van der Waals surface area contributed by atoms with Gasteiger partial charge in [0.1, 0.15) is 5.52 Å². The zero-order valence-corrected chi connectivity index (χ0v) is 11.6. The van der Waals surface area contributed by atoms with Gasteiger partial charge < -0.3 is 5.32 Å². The van der Waals surface area contributed by atoms with E-state index in [2.05, 4.69) is 38.1 Å². The van der Waals surface area contributed by atoms with Gasteiger partial charge in [-0.05, 0) is 25.1 Å². The van der Waals surface area contributed by atoms with Gasteiger partial charge in [-0.25, -0.2) is 4.68 Å². The van der Waals surface area contributed by atoms with E-state index in [9.17, 15) is 4.79 Å². The predicted octanol–water partition coefficient (Wildman–Crippen LogP) is 2.09. The summed E-state index contributed by atoms with van der Waals surface area (Å²) in [6, 6.07) is 5.36. The van der Waals surface area contributed by atoms with E-state index in [1.54, 1.807) is 16.8 Å². The molecule has 1 N–H and O–H groups in total. The van der Waals surface area contributed by atoms with Gasteiger partial charge in [0.25, 0.3) is 5.91 Å². The van der Waals surface area contributed by atoms with Crippen LogP contribution < -0.4 is 5.32 Å². The lowest BCUT2D eigenvalue weighted by atomic mass is 10.2. The van der Waals surface area contributed by atoms with Crippen molar-refractivity contribution in [1.29, 1.82) is 0 Å². The Balaban J connectivity index is 2.24. The van der Waals surface area contributed by atoms with Crippen molar-refractivity contribution in [2.75, 3.05) is 6.54 Å². The van der Waals surface area contributed by atoms with E-state index < -0.39 is 0 Å². The molecule has 0 spiro atoms. The largest absolute Gasteiger partial charge is 0.347 e. The molecule has 0 aliphatic heterocycles. The van der Waals surface area contributed by atoms with Crippen molar-refractivity contribution >= 4 is 32.9 Å². The highest BCUT2D eigenvalue weighted by Crippen LogP contribution is 2.13. The zero-order chi connectivity index (χ0) is 13.1. The van der Waals surface area contributed by atoms with Crippen LogP contribution in [0.2, 0.25) is 0 Å². The lowest BCUT2D eigenvalue weighted by Crippen LogP contribution is -2.24. The van der Waals surface area contributed by atoms with Gasteiger partial charge in [0.05, 0.1) is 5.52 Å². The molecule has 0 bridgehead atoms. The second-order valence-electron chi connectivity index (χ2n) is 3.81. The van der Waals surface area contributed by atoms with Gasteiger partial charge in [-0.1, -0.05) is 27.7 Å². The maximum atomic E-state index is 11.8. The Morgan fingerprint density at radius 3 is 3.00 bits per heavy atom. The quantitative estimate of drug-likeness (QED) is 0.941. The minimum atomic E-state index is -0.149. The fourth-order valence-electron chi connectivity index (χ4n) is 1.63. The Kier molecular flexibility index (Phi) is 3.76. The van der Waals surface area contributed by atoms with Crippen molar-refractivity contribution in [3.8, 4) is 0 Å². The number of amides is 1. The Morgan fingerprint density at radius 2 is 2.33 bits per heavy atom. The van der Waals surface area contributed by atoms with Crippen LogP contribution >= 0.6 is 15.9 Å². The highest BCUT2D eigenvalue weighted by atomic mass is 79.9. The first kappa shape index (κ1) is 12.8. The first-order chi connectivity index (χ1) is 8.61. The Bertz CT molecular complexity index is 605. The molecular formula is C12H13BrN4O. The third kappa shape index (κ3) is 2.59. The summed E-state index contributed by atoms with van der Waals surface area (Å²) in [5, 5.41) is 10.8. The SMILES string of the molecule is C=C(Br)CNC(=O)c1ccc2c(c1)nnn2CC. The molecule has 2 aromatic rings. The van der Waals surface area contributed by atoms with Crippen LogP contribution in [0.3, 0.4) is 0 Å². The number of hydrogen-bond donors (Lipinski definition) is 1. The summed E-state index contributed by atoms with van der Waals surface area (Å²) < 4.78 is 2.52. The molecule has 2 rings (SSSR count). The van der Waals surface area contributed by atoms with E-state index in [1.807, 2.05) is 13.0 Å². The van der Waals surface area contributed by atoms with Crippen LogP contribution in [0.4, 0.5) is 0 Å². The molecule has 0 saturated heterocycles. The lowest BCUT2D eigenvalue weighted by molar-refractivity contribution is 0.0958. The second-order valence-corrected chi connectivity index (χ2v) is 4.93. The molecule has 0 unspecified atom stereocenters. The average molecular weight is 309 g/mol. The van der Waals surface area contributed by atoms with Crippen LogP contribution in [0, 0.1) is 0 Å². The third-order valence-electron chi connectivity index (χ3n) is 2.52. The first-order valence-corrected chi connectivity index (χ1v) is 6.36. The van der Waals surface area contributed by atoms with Crippen LogP contribution in [0.5, 0.6) is 0 Å². The lowest BCUT2D eigenvalue weighted by Gasteiger charge is -2.04. The normalized spacial score (nSPS) is 10.6. The molecule has 1 heterocycles. The van der Waals surface area contributed by atoms with Crippen LogP contribution in [-0.2, 0) is 6.54 Å². The molecular weight excluding hydrogens is 296 g/mol. The Hall–Kier alpha value is -1.69. The van der Waals surface area contributed by atoms with E-state index in [1.165, 1.54) is 0 Å².